The molecule has 294 valence electrons. The Kier molecular flexibility index (Phi) is 12.4. The Morgan fingerprint density at radius 1 is 1.09 bits per heavy atom. The number of hydrogen-bond acceptors (Lipinski definition) is 11. The zero-order valence-electron chi connectivity index (χ0n) is 31.9. The van der Waals surface area contributed by atoms with Gasteiger partial charge in [-0.1, -0.05) is 25.0 Å². The van der Waals surface area contributed by atoms with Crippen molar-refractivity contribution in [2.75, 3.05) is 13.7 Å². The van der Waals surface area contributed by atoms with Crippen LogP contribution in [-0.2, 0) is 33.9 Å². The number of aryl methyl sites for hydroxylation is 1. The van der Waals surface area contributed by atoms with Crippen molar-refractivity contribution >= 4 is 44.7 Å². The zero-order chi connectivity index (χ0) is 39.4. The number of esters is 1. The maximum absolute atomic E-state index is 14.5. The molecule has 2 saturated carbocycles. The maximum Gasteiger partial charge on any atom is 0.307 e. The van der Waals surface area contributed by atoms with Crippen LogP contribution in [0.25, 0.3) is 11.0 Å². The number of ether oxygens (including phenoxy) is 3. The van der Waals surface area contributed by atoms with Gasteiger partial charge < -0.3 is 24.4 Å². The highest BCUT2D eigenvalue weighted by Crippen LogP contribution is 2.45. The fraction of sp³-hybridized carbons (Fsp3) is 0.590. The molecule has 1 aromatic heterocycles. The van der Waals surface area contributed by atoms with Crippen molar-refractivity contribution in [3.8, 4) is 11.6 Å². The predicted molar refractivity (Wildman–Crippen MR) is 202 cm³/mol. The normalized spacial score (nSPS) is 22.9. The second-order valence-electron chi connectivity index (χ2n) is 15.5. The first kappa shape index (κ1) is 40.7. The van der Waals surface area contributed by atoms with Gasteiger partial charge in [0.25, 0.3) is 5.91 Å². The molecular formula is C39H53N5O9S. The van der Waals surface area contributed by atoms with E-state index in [9.17, 15) is 27.6 Å². The van der Waals surface area contributed by atoms with Crippen LogP contribution in [-0.4, -0.2) is 89.2 Å². The number of aromatic nitrogens is 2. The van der Waals surface area contributed by atoms with Crippen LogP contribution in [0.5, 0.6) is 11.6 Å². The average molecular weight is 768 g/mol. The highest BCUT2D eigenvalue weighted by atomic mass is 32.2. The fourth-order valence-electron chi connectivity index (χ4n) is 6.88. The summed E-state index contributed by atoms with van der Waals surface area (Å²) in [6, 6.07) is 4.17. The number of likely N-dealkylation sites (tertiary alicyclic amines) is 1. The molecule has 0 bridgehead atoms. The Bertz CT molecular complexity index is 1890. The van der Waals surface area contributed by atoms with E-state index in [1.54, 1.807) is 53.0 Å². The summed E-state index contributed by atoms with van der Waals surface area (Å²) in [7, 11) is -2.35. The van der Waals surface area contributed by atoms with Crippen molar-refractivity contribution in [1.29, 1.82) is 0 Å². The van der Waals surface area contributed by atoms with Crippen LogP contribution < -0.4 is 19.5 Å². The Labute approximate surface area is 317 Å². The van der Waals surface area contributed by atoms with E-state index in [4.69, 9.17) is 14.2 Å². The van der Waals surface area contributed by atoms with Crippen LogP contribution in [0.15, 0.2) is 43.5 Å². The fourth-order valence-corrected chi connectivity index (χ4v) is 8.25. The highest BCUT2D eigenvalue weighted by molar-refractivity contribution is 7.91. The van der Waals surface area contributed by atoms with Crippen LogP contribution in [0.3, 0.4) is 0 Å². The van der Waals surface area contributed by atoms with E-state index < -0.39 is 74.1 Å². The second kappa shape index (κ2) is 16.5. The molecule has 1 aromatic carbocycles. The van der Waals surface area contributed by atoms with Crippen LogP contribution in [0, 0.1) is 18.8 Å². The minimum absolute atomic E-state index is 0.0182. The SMILES string of the molecule is C=CCCCCC[C@H](CC(=O)OC(C)(C)C)C(=O)N1C[C@H](Oc2nc3cc(OC)ccc3nc2C)C[C@H]1C(=O)N[C@]1(C(=O)NS(=O)(=O)C2CC2)C[C@H]1C=C. The number of nitrogens with zero attached hydrogens (tertiary/aromatic N) is 3. The van der Waals surface area contributed by atoms with E-state index >= 15 is 0 Å². The molecule has 1 aliphatic heterocycles. The summed E-state index contributed by atoms with van der Waals surface area (Å²) in [6.07, 6.45) is 7.09. The first-order chi connectivity index (χ1) is 25.5. The molecule has 54 heavy (non-hydrogen) atoms. The Balaban J connectivity index is 1.43. The van der Waals surface area contributed by atoms with Gasteiger partial charge in [0.15, 0.2) is 0 Å². The number of hydrogen-bond donors (Lipinski definition) is 2. The van der Waals surface area contributed by atoms with Crippen LogP contribution in [0.2, 0.25) is 0 Å². The van der Waals surface area contributed by atoms with E-state index in [1.165, 1.54) is 11.0 Å². The van der Waals surface area contributed by atoms with E-state index in [1.807, 2.05) is 6.08 Å². The number of fused-ring (bicyclic) bond motifs is 1. The smallest absolute Gasteiger partial charge is 0.307 e. The molecule has 3 aliphatic rings. The summed E-state index contributed by atoms with van der Waals surface area (Å²) in [5, 5.41) is 2.17. The van der Waals surface area contributed by atoms with E-state index in [-0.39, 0.29) is 31.7 Å². The molecule has 2 heterocycles. The molecule has 3 fully saturated rings. The lowest BCUT2D eigenvalue weighted by Crippen LogP contribution is -2.57. The summed E-state index contributed by atoms with van der Waals surface area (Å²) >= 11 is 0. The van der Waals surface area contributed by atoms with Gasteiger partial charge in [-0.05, 0) is 78.4 Å². The standard InChI is InChI=1S/C39H53N5O9S/c1-8-10-11-12-13-14-25(19-33(45)53-38(4,5)6)36(47)44-23-28(52-35-24(3)40-30-18-15-27(51-7)20-31(30)41-35)21-32(44)34(46)42-39(22-26(39)9-2)37(48)43-54(49,50)29-16-17-29/h8-9,15,18,20,25-26,28-29,32H,1-2,10-14,16-17,19,21-23H2,3-7H3,(H,42,46)(H,43,48)/t25-,26-,28-,32+,39-/m1/s1. The number of amides is 3. The van der Waals surface area contributed by atoms with Crippen molar-refractivity contribution in [1.82, 2.24) is 24.9 Å². The summed E-state index contributed by atoms with van der Waals surface area (Å²) in [6.45, 7) is 14.5. The molecule has 1 saturated heterocycles. The first-order valence-corrected chi connectivity index (χ1v) is 20.2. The molecule has 5 rings (SSSR count). The number of sulfonamides is 1. The van der Waals surface area contributed by atoms with Crippen LogP contribution >= 0.6 is 0 Å². The van der Waals surface area contributed by atoms with Crippen LogP contribution in [0.1, 0.15) is 90.7 Å². The molecule has 5 atom stereocenters. The van der Waals surface area contributed by atoms with Gasteiger partial charge in [0, 0.05) is 24.3 Å². The lowest BCUT2D eigenvalue weighted by Gasteiger charge is -2.30. The van der Waals surface area contributed by atoms with E-state index in [2.05, 4.69) is 33.2 Å². The molecule has 14 nitrogen and oxygen atoms in total. The largest absolute Gasteiger partial charge is 0.497 e. The third-order valence-corrected chi connectivity index (χ3v) is 11.8. The lowest BCUT2D eigenvalue weighted by atomic mass is 9.95. The number of benzene rings is 1. The second-order valence-corrected chi connectivity index (χ2v) is 17.5. The Hall–Kier alpha value is -4.53. The van der Waals surface area contributed by atoms with Gasteiger partial charge in [-0.2, -0.15) is 0 Å². The molecule has 0 spiro atoms. The van der Waals surface area contributed by atoms with Gasteiger partial charge in [0.1, 0.15) is 34.7 Å². The summed E-state index contributed by atoms with van der Waals surface area (Å²) < 4.78 is 44.9. The third-order valence-electron chi connectivity index (χ3n) is 10.0. The number of carbonyl (C=O) groups excluding carboxylic acids is 4. The number of unbranched alkanes of at least 4 members (excludes halogenated alkanes) is 3. The van der Waals surface area contributed by atoms with Gasteiger partial charge >= 0.3 is 5.97 Å². The number of rotatable bonds is 18. The van der Waals surface area contributed by atoms with Crippen molar-refractivity contribution in [3.05, 3.63) is 49.2 Å². The van der Waals surface area contributed by atoms with Gasteiger partial charge in [0.2, 0.25) is 27.7 Å². The molecule has 0 radical (unpaired) electrons. The number of carbonyl (C=O) groups is 4. The first-order valence-electron chi connectivity index (χ1n) is 18.6. The lowest BCUT2D eigenvalue weighted by molar-refractivity contribution is -0.159. The van der Waals surface area contributed by atoms with Gasteiger partial charge in [-0.25, -0.2) is 18.4 Å². The Morgan fingerprint density at radius 3 is 2.46 bits per heavy atom. The third kappa shape index (κ3) is 9.76. The van der Waals surface area contributed by atoms with Crippen LogP contribution in [0.4, 0.5) is 0 Å². The summed E-state index contributed by atoms with van der Waals surface area (Å²) in [4.78, 5) is 66.2. The average Bonchev–Trinajstić information content (AvgIpc) is 4.03. The summed E-state index contributed by atoms with van der Waals surface area (Å²) in [5.41, 5.74) is -0.648. The minimum atomic E-state index is -3.90. The zero-order valence-corrected chi connectivity index (χ0v) is 32.7. The number of methoxy groups -OCH3 is 1. The van der Waals surface area contributed by atoms with Crippen molar-refractivity contribution in [2.45, 2.75) is 120 Å². The summed E-state index contributed by atoms with van der Waals surface area (Å²) in [5.74, 6) is -2.95. The van der Waals surface area contributed by atoms with E-state index in [0.717, 1.165) is 19.3 Å². The monoisotopic (exact) mass is 767 g/mol. The van der Waals surface area contributed by atoms with Gasteiger partial charge in [0.05, 0.1) is 36.4 Å². The molecule has 2 aliphatic carbocycles. The quantitative estimate of drug-likeness (QED) is 0.124. The van der Waals surface area contributed by atoms with Gasteiger partial charge in [-0.3, -0.25) is 23.9 Å². The predicted octanol–water partition coefficient (Wildman–Crippen LogP) is 4.45. The van der Waals surface area contributed by atoms with Crippen molar-refractivity contribution in [3.63, 3.8) is 0 Å². The van der Waals surface area contributed by atoms with Gasteiger partial charge in [-0.15, -0.1) is 13.2 Å². The molecule has 2 aromatic rings. The minimum Gasteiger partial charge on any atom is -0.497 e. The molecule has 3 amide bonds. The van der Waals surface area contributed by atoms with E-state index in [0.29, 0.717) is 48.2 Å². The molecule has 2 N–H and O–H groups in total. The maximum atomic E-state index is 14.5. The highest BCUT2D eigenvalue weighted by Gasteiger charge is 2.62. The molecular weight excluding hydrogens is 715 g/mol. The Morgan fingerprint density at radius 2 is 1.83 bits per heavy atom. The van der Waals surface area contributed by atoms with Crippen molar-refractivity contribution in [2.24, 2.45) is 11.8 Å². The van der Waals surface area contributed by atoms with Crippen molar-refractivity contribution < 1.29 is 41.8 Å². The molecule has 0 unspecified atom stereocenters. The number of allylic oxidation sites excluding steroid dienone is 1. The number of nitrogens with one attached hydrogen (secondary N) is 2. The topological polar surface area (TPSA) is 183 Å². The molecule has 15 heteroatoms.